The number of anilines is 2. The summed E-state index contributed by atoms with van der Waals surface area (Å²) >= 11 is 13.8. The first kappa shape index (κ1) is 35.0. The molecule has 0 spiro atoms. The third kappa shape index (κ3) is 7.10. The molecule has 0 bridgehead atoms. The normalized spacial score (nSPS) is 14.2. The summed E-state index contributed by atoms with van der Waals surface area (Å²) in [7, 11) is 4.57. The number of nitrogens with zero attached hydrogens (tertiary/aromatic N) is 4. The van der Waals surface area contributed by atoms with E-state index in [1.165, 1.54) is 24.9 Å². The number of hydrogen-bond acceptors (Lipinski definition) is 8. The molecule has 46 heavy (non-hydrogen) atoms. The zero-order valence-electron chi connectivity index (χ0n) is 25.3. The van der Waals surface area contributed by atoms with Crippen molar-refractivity contribution in [1.29, 1.82) is 0 Å². The van der Waals surface area contributed by atoms with Crippen LogP contribution >= 0.6 is 23.2 Å². The fourth-order valence-electron chi connectivity index (χ4n) is 4.93. The van der Waals surface area contributed by atoms with Gasteiger partial charge in [0.1, 0.15) is 17.1 Å². The number of rotatable bonds is 5. The zero-order chi connectivity index (χ0) is 32.2. The van der Waals surface area contributed by atoms with Crippen LogP contribution in [0.15, 0.2) is 70.4 Å². The van der Waals surface area contributed by atoms with E-state index in [2.05, 4.69) is 22.2 Å². The SMILES string of the molecule is O[C@@H]1[CH-]CCOC1.[CH2-]c1ccc(-c2cccc(-c3cccc(Nc4nccc5c4c(=O)n(C)c(=O)n5C)c3Cl)c2Cl)nc1OC.[Mn+2]. The van der Waals surface area contributed by atoms with Gasteiger partial charge in [0.15, 0.2) is 0 Å². The first-order valence-corrected chi connectivity index (χ1v) is 14.7. The van der Waals surface area contributed by atoms with Crippen LogP contribution in [0.1, 0.15) is 12.0 Å². The van der Waals surface area contributed by atoms with Crippen LogP contribution in [0.4, 0.5) is 11.5 Å². The number of aromatic nitrogens is 4. The standard InChI is InChI=1S/C28H22Cl2N5O3.C5H9O2.Mn/c1-15-11-12-19(33-26(15)38-4)18-9-5-7-16(23(18)29)17-8-6-10-20(24(17)30)32-25-22-21(13-14-31-25)34(2)28(37)35(3)27(22)36;6-5-2-1-3-7-4-5;/h5-14H,1H2,2-4H3,(H,31,32);2,5-6H,1,3-4H2;/q2*-1;+2/t;5-;/m.1./s1. The Morgan fingerprint density at radius 1 is 1.02 bits per heavy atom. The average molecular weight is 703 g/mol. The van der Waals surface area contributed by atoms with Crippen molar-refractivity contribution in [2.24, 2.45) is 14.1 Å². The van der Waals surface area contributed by atoms with Crippen LogP contribution in [0.2, 0.25) is 10.0 Å². The minimum absolute atomic E-state index is 0. The number of ether oxygens (including phenoxy) is 2. The third-order valence-electron chi connectivity index (χ3n) is 7.32. The van der Waals surface area contributed by atoms with E-state index in [1.807, 2.05) is 48.9 Å². The van der Waals surface area contributed by atoms with Gasteiger partial charge in [-0.25, -0.2) is 9.78 Å². The van der Waals surface area contributed by atoms with Gasteiger partial charge in [-0.05, 0) is 18.2 Å². The van der Waals surface area contributed by atoms with Gasteiger partial charge in [-0.15, -0.1) is 5.56 Å². The van der Waals surface area contributed by atoms with Crippen LogP contribution in [-0.2, 0) is 35.9 Å². The second-order valence-electron chi connectivity index (χ2n) is 10.3. The Kier molecular flexibility index (Phi) is 11.6. The largest absolute Gasteiger partial charge is 2.00 e. The number of aliphatic hydroxyl groups excluding tert-OH is 1. The van der Waals surface area contributed by atoms with Gasteiger partial charge >= 0.3 is 22.8 Å². The topological polar surface area (TPSA) is 120 Å². The molecule has 13 heteroatoms. The number of hydrogen-bond donors (Lipinski definition) is 2. The molecular formula is C33H31Cl2MnN5O5. The summed E-state index contributed by atoms with van der Waals surface area (Å²) < 4.78 is 12.7. The summed E-state index contributed by atoms with van der Waals surface area (Å²) in [6, 6.07) is 16.3. The quantitative estimate of drug-likeness (QED) is 0.180. The number of halogens is 2. The van der Waals surface area contributed by atoms with Crippen molar-refractivity contribution in [2.45, 2.75) is 12.5 Å². The van der Waals surface area contributed by atoms with E-state index in [4.69, 9.17) is 37.8 Å². The summed E-state index contributed by atoms with van der Waals surface area (Å²) in [6.45, 7) is 5.18. The predicted molar refractivity (Wildman–Crippen MR) is 177 cm³/mol. The Labute approximate surface area is 286 Å². The Morgan fingerprint density at radius 2 is 1.72 bits per heavy atom. The van der Waals surface area contributed by atoms with Crippen LogP contribution in [0.25, 0.3) is 33.3 Å². The fourth-order valence-corrected chi connectivity index (χ4v) is 5.53. The van der Waals surface area contributed by atoms with E-state index in [0.717, 1.165) is 17.6 Å². The second-order valence-corrected chi connectivity index (χ2v) is 11.0. The smallest absolute Gasteiger partial charge is 0.537 e. The van der Waals surface area contributed by atoms with Crippen LogP contribution in [-0.4, -0.2) is 50.6 Å². The van der Waals surface area contributed by atoms with Crippen LogP contribution in [0, 0.1) is 13.3 Å². The number of benzene rings is 2. The molecule has 3 aromatic heterocycles. The molecule has 0 aliphatic carbocycles. The Bertz CT molecular complexity index is 1990. The van der Waals surface area contributed by atoms with Crippen molar-refractivity contribution >= 4 is 45.6 Å². The molecule has 4 heterocycles. The third-order valence-corrected chi connectivity index (χ3v) is 8.14. The van der Waals surface area contributed by atoms with Crippen molar-refractivity contribution in [1.82, 2.24) is 19.1 Å². The van der Waals surface area contributed by atoms with Crippen molar-refractivity contribution in [3.63, 3.8) is 0 Å². The molecule has 0 unspecified atom stereocenters. The fraction of sp³-hybridized carbons (Fsp3) is 0.212. The summed E-state index contributed by atoms with van der Waals surface area (Å²) in [4.78, 5) is 34.2. The first-order valence-electron chi connectivity index (χ1n) is 14.0. The van der Waals surface area contributed by atoms with Crippen LogP contribution in [0.5, 0.6) is 5.88 Å². The maximum atomic E-state index is 13.0. The monoisotopic (exact) mass is 702 g/mol. The van der Waals surface area contributed by atoms with Gasteiger partial charge in [-0.3, -0.25) is 25.3 Å². The molecule has 0 saturated carbocycles. The van der Waals surface area contributed by atoms with E-state index < -0.39 is 11.2 Å². The van der Waals surface area contributed by atoms with E-state index in [-0.39, 0.29) is 34.4 Å². The molecule has 6 rings (SSSR count). The number of aliphatic hydroxyl groups is 1. The Balaban J connectivity index is 0.000000532. The molecule has 1 saturated heterocycles. The number of aryl methyl sites for hydroxylation is 1. The molecule has 0 amide bonds. The molecule has 239 valence electrons. The molecular weight excluding hydrogens is 672 g/mol. The molecule has 10 nitrogen and oxygen atoms in total. The van der Waals surface area contributed by atoms with Crippen molar-refractivity contribution in [3.8, 4) is 28.3 Å². The van der Waals surface area contributed by atoms with E-state index in [1.54, 1.807) is 19.2 Å². The first-order chi connectivity index (χ1) is 21.6. The maximum absolute atomic E-state index is 13.0. The molecule has 1 fully saturated rings. The molecule has 1 radical (unpaired) electrons. The van der Waals surface area contributed by atoms with Gasteiger partial charge in [-0.1, -0.05) is 59.6 Å². The second kappa shape index (κ2) is 15.2. The van der Waals surface area contributed by atoms with Crippen molar-refractivity contribution in [2.75, 3.05) is 25.6 Å². The van der Waals surface area contributed by atoms with Crippen LogP contribution in [0.3, 0.4) is 0 Å². The van der Waals surface area contributed by atoms with E-state index in [9.17, 15) is 9.59 Å². The van der Waals surface area contributed by atoms with Gasteiger partial charge < -0.3 is 19.9 Å². The van der Waals surface area contributed by atoms with Gasteiger partial charge in [0.2, 0.25) is 0 Å². The van der Waals surface area contributed by atoms with E-state index >= 15 is 0 Å². The average Bonchev–Trinajstić information content (AvgIpc) is 3.05. The summed E-state index contributed by atoms with van der Waals surface area (Å²) in [6.07, 6.45) is 3.97. The molecule has 1 atom stereocenters. The van der Waals surface area contributed by atoms with Gasteiger partial charge in [0, 0.05) is 55.9 Å². The number of fused-ring (bicyclic) bond motifs is 1. The summed E-state index contributed by atoms with van der Waals surface area (Å²) in [5, 5.41) is 13.0. The van der Waals surface area contributed by atoms with Crippen molar-refractivity contribution in [3.05, 3.63) is 111 Å². The Morgan fingerprint density at radius 3 is 2.37 bits per heavy atom. The predicted octanol–water partition coefficient (Wildman–Crippen LogP) is 5.57. The zero-order valence-corrected chi connectivity index (χ0v) is 28.0. The number of pyridine rings is 2. The van der Waals surface area contributed by atoms with Gasteiger partial charge in [0.25, 0.3) is 5.56 Å². The van der Waals surface area contributed by atoms with Gasteiger partial charge in [-0.2, -0.15) is 19.4 Å². The minimum atomic E-state index is -0.460. The number of methoxy groups -OCH3 is 1. The number of nitrogens with one attached hydrogen (secondary N) is 1. The van der Waals surface area contributed by atoms with Crippen molar-refractivity contribution < 1.29 is 31.6 Å². The van der Waals surface area contributed by atoms with E-state index in [0.29, 0.717) is 61.7 Å². The Hall–Kier alpha value is -3.83. The molecule has 2 aromatic carbocycles. The molecule has 5 aromatic rings. The molecule has 2 N–H and O–H groups in total. The summed E-state index contributed by atoms with van der Waals surface area (Å²) in [5.41, 5.74) is 3.46. The maximum Gasteiger partial charge on any atom is 2.00 e. The van der Waals surface area contributed by atoms with Gasteiger partial charge in [0.05, 0.1) is 28.4 Å². The molecule has 1 aliphatic rings. The summed E-state index contributed by atoms with van der Waals surface area (Å²) in [5.74, 6) is 0.696. The van der Waals surface area contributed by atoms with Crippen LogP contribution < -0.4 is 21.3 Å². The minimum Gasteiger partial charge on any atom is -0.537 e. The molecule has 1 aliphatic heterocycles.